The summed E-state index contributed by atoms with van der Waals surface area (Å²) in [6.45, 7) is 0. The Bertz CT molecular complexity index is 722. The molecule has 0 aromatic heterocycles. The Morgan fingerprint density at radius 1 is 1.00 bits per heavy atom. The lowest BCUT2D eigenvalue weighted by Gasteiger charge is -2.23. The minimum atomic E-state index is -1.46. The van der Waals surface area contributed by atoms with E-state index in [1.54, 1.807) is 0 Å². The lowest BCUT2D eigenvalue weighted by atomic mass is 9.95. The van der Waals surface area contributed by atoms with Crippen LogP contribution in [-0.2, 0) is 28.6 Å². The Morgan fingerprint density at radius 2 is 1.58 bits per heavy atom. The summed E-state index contributed by atoms with van der Waals surface area (Å²) in [4.78, 5) is 48.0. The molecular weight excluding hydrogens is 344 g/mol. The molecule has 1 aromatic rings. The molecule has 0 saturated carbocycles. The Morgan fingerprint density at radius 3 is 2.04 bits per heavy atom. The highest BCUT2D eigenvalue weighted by molar-refractivity contribution is 5.98. The van der Waals surface area contributed by atoms with E-state index in [-0.39, 0.29) is 5.56 Å². The van der Waals surface area contributed by atoms with Crippen molar-refractivity contribution >= 4 is 23.8 Å². The van der Waals surface area contributed by atoms with Crippen LogP contribution in [0.3, 0.4) is 0 Å². The van der Waals surface area contributed by atoms with Gasteiger partial charge in [0.15, 0.2) is 0 Å². The van der Waals surface area contributed by atoms with Gasteiger partial charge in [-0.1, -0.05) is 0 Å². The topological polar surface area (TPSA) is 132 Å². The molecule has 0 spiro atoms. The third-order valence-electron chi connectivity index (χ3n) is 3.54. The predicted octanol–water partition coefficient (Wildman–Crippen LogP) is 0.182. The fourth-order valence-electron chi connectivity index (χ4n) is 2.12. The maximum Gasteiger partial charge on any atom is 0.329 e. The van der Waals surface area contributed by atoms with Gasteiger partial charge in [-0.25, -0.2) is 4.79 Å². The SMILES string of the molecule is COC(=O)C[C@H](C(=O)OC)[C@@H](NC(=O)c1ccc(C#N)cc1)C(=O)OC. The number of carbonyl (C=O) groups is 4. The first-order valence-corrected chi connectivity index (χ1v) is 7.41. The van der Waals surface area contributed by atoms with E-state index < -0.39 is 42.2 Å². The van der Waals surface area contributed by atoms with E-state index in [4.69, 9.17) is 5.26 Å². The Labute approximate surface area is 149 Å². The monoisotopic (exact) mass is 362 g/mol. The van der Waals surface area contributed by atoms with Crippen molar-refractivity contribution in [3.05, 3.63) is 35.4 Å². The largest absolute Gasteiger partial charge is 0.469 e. The number of esters is 3. The highest BCUT2D eigenvalue weighted by atomic mass is 16.5. The van der Waals surface area contributed by atoms with Crippen LogP contribution in [-0.4, -0.2) is 51.2 Å². The molecule has 138 valence electrons. The highest BCUT2D eigenvalue weighted by Crippen LogP contribution is 2.15. The van der Waals surface area contributed by atoms with Crippen LogP contribution >= 0.6 is 0 Å². The summed E-state index contributed by atoms with van der Waals surface area (Å²) in [6.07, 6.45) is -0.489. The van der Waals surface area contributed by atoms with Gasteiger partial charge in [0, 0.05) is 5.56 Å². The number of benzene rings is 1. The van der Waals surface area contributed by atoms with Crippen LogP contribution in [0.2, 0.25) is 0 Å². The van der Waals surface area contributed by atoms with Gasteiger partial charge in [0.1, 0.15) is 6.04 Å². The molecular formula is C17H18N2O7. The minimum absolute atomic E-state index is 0.152. The normalized spacial score (nSPS) is 12.1. The fraction of sp³-hybridized carbons (Fsp3) is 0.353. The number of hydrogen-bond acceptors (Lipinski definition) is 8. The Balaban J connectivity index is 3.11. The highest BCUT2D eigenvalue weighted by Gasteiger charge is 2.38. The fourth-order valence-corrected chi connectivity index (χ4v) is 2.12. The summed E-state index contributed by atoms with van der Waals surface area (Å²) < 4.78 is 13.7. The van der Waals surface area contributed by atoms with Gasteiger partial charge >= 0.3 is 17.9 Å². The van der Waals surface area contributed by atoms with Gasteiger partial charge in [-0.15, -0.1) is 0 Å². The molecule has 0 unspecified atom stereocenters. The first-order valence-electron chi connectivity index (χ1n) is 7.41. The average molecular weight is 362 g/mol. The van der Waals surface area contributed by atoms with Gasteiger partial charge in [-0.2, -0.15) is 5.26 Å². The summed E-state index contributed by atoms with van der Waals surface area (Å²) in [5.74, 6) is -4.59. The zero-order chi connectivity index (χ0) is 19.7. The molecule has 2 atom stereocenters. The van der Waals surface area contributed by atoms with E-state index in [1.807, 2.05) is 6.07 Å². The van der Waals surface area contributed by atoms with Gasteiger partial charge in [-0.3, -0.25) is 14.4 Å². The number of nitrogens with one attached hydrogen (secondary N) is 1. The average Bonchev–Trinajstić information content (AvgIpc) is 2.68. The molecule has 0 heterocycles. The molecule has 9 heteroatoms. The van der Waals surface area contributed by atoms with E-state index in [9.17, 15) is 19.2 Å². The molecule has 0 fully saturated rings. The molecule has 9 nitrogen and oxygen atoms in total. The van der Waals surface area contributed by atoms with Crippen LogP contribution in [0.15, 0.2) is 24.3 Å². The zero-order valence-electron chi connectivity index (χ0n) is 14.5. The summed E-state index contributed by atoms with van der Waals surface area (Å²) in [5, 5.41) is 11.1. The number of nitrogens with zero attached hydrogens (tertiary/aromatic N) is 1. The number of ether oxygens (including phenoxy) is 3. The number of methoxy groups -OCH3 is 3. The van der Waals surface area contributed by atoms with E-state index in [0.717, 1.165) is 21.3 Å². The van der Waals surface area contributed by atoms with E-state index in [2.05, 4.69) is 19.5 Å². The molecule has 0 saturated heterocycles. The van der Waals surface area contributed by atoms with Crippen LogP contribution in [0.5, 0.6) is 0 Å². The van der Waals surface area contributed by atoms with Gasteiger partial charge in [0.05, 0.1) is 45.3 Å². The van der Waals surface area contributed by atoms with Crippen molar-refractivity contribution in [2.24, 2.45) is 5.92 Å². The Kier molecular flexibility index (Phi) is 7.76. The number of carbonyl (C=O) groups excluding carboxylic acids is 4. The second-order valence-corrected chi connectivity index (χ2v) is 5.07. The van der Waals surface area contributed by atoms with Crippen LogP contribution in [0.25, 0.3) is 0 Å². The molecule has 26 heavy (non-hydrogen) atoms. The maximum absolute atomic E-state index is 12.4. The molecule has 1 N–H and O–H groups in total. The second-order valence-electron chi connectivity index (χ2n) is 5.07. The van der Waals surface area contributed by atoms with Gasteiger partial charge in [0.25, 0.3) is 5.91 Å². The lowest BCUT2D eigenvalue weighted by Crippen LogP contribution is -2.50. The van der Waals surface area contributed by atoms with Crippen molar-refractivity contribution in [2.45, 2.75) is 12.5 Å². The Hall–Kier alpha value is -3.41. The van der Waals surface area contributed by atoms with Crippen molar-refractivity contribution < 1.29 is 33.4 Å². The predicted molar refractivity (Wildman–Crippen MR) is 86.6 cm³/mol. The molecule has 0 radical (unpaired) electrons. The summed E-state index contributed by atoms with van der Waals surface area (Å²) in [7, 11) is 3.29. The van der Waals surface area contributed by atoms with Crippen molar-refractivity contribution in [3.8, 4) is 6.07 Å². The quantitative estimate of drug-likeness (QED) is 0.537. The van der Waals surface area contributed by atoms with E-state index in [1.165, 1.54) is 24.3 Å². The van der Waals surface area contributed by atoms with Crippen molar-refractivity contribution in [3.63, 3.8) is 0 Å². The molecule has 0 aliphatic rings. The molecule has 1 aromatic carbocycles. The number of nitriles is 1. The van der Waals surface area contributed by atoms with Crippen LogP contribution in [0.4, 0.5) is 0 Å². The third-order valence-corrected chi connectivity index (χ3v) is 3.54. The van der Waals surface area contributed by atoms with Crippen molar-refractivity contribution in [1.82, 2.24) is 5.32 Å². The first kappa shape index (κ1) is 20.6. The van der Waals surface area contributed by atoms with E-state index >= 15 is 0 Å². The summed E-state index contributed by atoms with van der Waals surface area (Å²) in [5.41, 5.74) is 0.504. The van der Waals surface area contributed by atoms with E-state index in [0.29, 0.717) is 5.56 Å². The molecule has 0 aliphatic heterocycles. The maximum atomic E-state index is 12.4. The second kappa shape index (κ2) is 9.78. The van der Waals surface area contributed by atoms with Crippen LogP contribution in [0, 0.1) is 17.2 Å². The molecule has 0 aliphatic carbocycles. The van der Waals surface area contributed by atoms with Gasteiger partial charge in [-0.05, 0) is 24.3 Å². The molecule has 1 amide bonds. The van der Waals surface area contributed by atoms with Crippen LogP contribution in [0.1, 0.15) is 22.3 Å². The summed E-state index contributed by atoms with van der Waals surface area (Å²) >= 11 is 0. The van der Waals surface area contributed by atoms with Crippen molar-refractivity contribution in [2.75, 3.05) is 21.3 Å². The van der Waals surface area contributed by atoms with Gasteiger partial charge in [0.2, 0.25) is 0 Å². The molecule has 0 bridgehead atoms. The van der Waals surface area contributed by atoms with Gasteiger partial charge < -0.3 is 19.5 Å². The standard InChI is InChI=1S/C17H18N2O7/c1-24-13(20)8-12(16(22)25-2)14(17(23)26-3)19-15(21)11-6-4-10(9-18)5-7-11/h4-7,12,14H,8H2,1-3H3,(H,19,21)/t12-,14+/m0/s1. The lowest BCUT2D eigenvalue weighted by molar-refractivity contribution is -0.158. The minimum Gasteiger partial charge on any atom is -0.469 e. The number of rotatable bonds is 7. The third kappa shape index (κ3) is 5.31. The number of hydrogen-bond donors (Lipinski definition) is 1. The van der Waals surface area contributed by atoms with Crippen molar-refractivity contribution in [1.29, 1.82) is 5.26 Å². The zero-order valence-corrected chi connectivity index (χ0v) is 14.5. The number of amides is 1. The first-order chi connectivity index (χ1) is 12.4. The van der Waals surface area contributed by atoms with Crippen LogP contribution < -0.4 is 5.32 Å². The molecule has 1 rings (SSSR count). The summed E-state index contributed by atoms with van der Waals surface area (Å²) in [6, 6.07) is 6.07. The smallest absolute Gasteiger partial charge is 0.329 e.